The molecule has 4 heteroatoms. The lowest BCUT2D eigenvalue weighted by molar-refractivity contribution is -0.142. The van der Waals surface area contributed by atoms with Gasteiger partial charge in [-0.15, -0.1) is 0 Å². The molecule has 4 nitrogen and oxygen atoms in total. The molecule has 0 saturated heterocycles. The van der Waals surface area contributed by atoms with Crippen molar-refractivity contribution in [2.75, 3.05) is 6.61 Å². The smallest absolute Gasteiger partial charge is 0.302 e. The molecule has 2 atom stereocenters. The number of hydrogen-bond donors (Lipinski definition) is 0. The minimum absolute atomic E-state index is 0.0569. The number of nitrogens with zero attached hydrogens (tertiary/aromatic N) is 2. The summed E-state index contributed by atoms with van der Waals surface area (Å²) in [5.41, 5.74) is 0.219. The molecule has 0 aliphatic heterocycles. The Labute approximate surface area is 143 Å². The molecule has 0 aromatic heterocycles. The van der Waals surface area contributed by atoms with Crippen molar-refractivity contribution in [2.45, 2.75) is 51.9 Å². The van der Waals surface area contributed by atoms with Gasteiger partial charge in [0, 0.05) is 19.3 Å². The lowest BCUT2D eigenvalue weighted by Gasteiger charge is -2.42. The molecule has 24 heavy (non-hydrogen) atoms. The van der Waals surface area contributed by atoms with Crippen LogP contribution in [0.25, 0.3) is 0 Å². The zero-order valence-corrected chi connectivity index (χ0v) is 14.3. The summed E-state index contributed by atoms with van der Waals surface area (Å²) in [5.74, 6) is -0.104. The first-order chi connectivity index (χ1) is 11.5. The second-order valence-electron chi connectivity index (χ2n) is 7.61. The van der Waals surface area contributed by atoms with Gasteiger partial charge in [0.1, 0.15) is 0 Å². The average Bonchev–Trinajstić information content (AvgIpc) is 2.96. The minimum atomic E-state index is -1.06. The van der Waals surface area contributed by atoms with Gasteiger partial charge in [0.25, 0.3) is 0 Å². The van der Waals surface area contributed by atoms with Crippen LogP contribution in [0, 0.1) is 45.3 Å². The van der Waals surface area contributed by atoms with Gasteiger partial charge in [-0.25, -0.2) is 0 Å². The van der Waals surface area contributed by atoms with Gasteiger partial charge < -0.3 is 4.74 Å². The lowest BCUT2D eigenvalue weighted by Crippen LogP contribution is -2.36. The number of hydrogen-bond acceptors (Lipinski definition) is 4. The van der Waals surface area contributed by atoms with Gasteiger partial charge in [0.15, 0.2) is 5.41 Å². The Kier molecular flexibility index (Phi) is 4.50. The van der Waals surface area contributed by atoms with Crippen molar-refractivity contribution in [1.29, 1.82) is 10.5 Å². The molecule has 0 amide bonds. The molecule has 3 rings (SSSR count). The van der Waals surface area contributed by atoms with Crippen molar-refractivity contribution in [3.63, 3.8) is 0 Å². The molecule has 3 aliphatic rings. The third-order valence-electron chi connectivity index (χ3n) is 6.15. The van der Waals surface area contributed by atoms with E-state index in [-0.39, 0.29) is 17.8 Å². The summed E-state index contributed by atoms with van der Waals surface area (Å²) < 4.78 is 5.29. The normalized spacial score (nSPS) is 29.7. The SMILES string of the molecule is CC(=O)OC[C@@H]1C=CCC(C#N)(C#N)C2=CCC3(CCCC3)C[C@H]21. The summed E-state index contributed by atoms with van der Waals surface area (Å²) in [7, 11) is 0. The predicted molar refractivity (Wildman–Crippen MR) is 89.2 cm³/mol. The monoisotopic (exact) mass is 324 g/mol. The number of fused-ring (bicyclic) bond motifs is 1. The first kappa shape index (κ1) is 16.8. The van der Waals surface area contributed by atoms with Crippen molar-refractivity contribution in [2.24, 2.45) is 22.7 Å². The Morgan fingerprint density at radius 3 is 2.62 bits per heavy atom. The van der Waals surface area contributed by atoms with Gasteiger partial charge >= 0.3 is 5.97 Å². The Hall–Kier alpha value is -2.07. The Morgan fingerprint density at radius 2 is 2.00 bits per heavy atom. The molecule has 126 valence electrons. The van der Waals surface area contributed by atoms with Crippen molar-refractivity contribution >= 4 is 5.97 Å². The Morgan fingerprint density at radius 1 is 1.29 bits per heavy atom. The second-order valence-corrected chi connectivity index (χ2v) is 7.61. The summed E-state index contributed by atoms with van der Waals surface area (Å²) >= 11 is 0. The Bertz CT molecular complexity index is 642. The number of esters is 1. The third kappa shape index (κ3) is 2.86. The molecule has 0 radical (unpaired) electrons. The number of ether oxygens (including phenoxy) is 1. The summed E-state index contributed by atoms with van der Waals surface area (Å²) in [4.78, 5) is 11.3. The van der Waals surface area contributed by atoms with Gasteiger partial charge in [-0.1, -0.05) is 31.1 Å². The third-order valence-corrected chi connectivity index (χ3v) is 6.15. The quantitative estimate of drug-likeness (QED) is 0.567. The maximum atomic E-state index is 11.3. The summed E-state index contributed by atoms with van der Waals surface area (Å²) in [6, 6.07) is 4.56. The van der Waals surface area contributed by atoms with Gasteiger partial charge in [-0.2, -0.15) is 10.5 Å². The van der Waals surface area contributed by atoms with E-state index in [0.29, 0.717) is 18.4 Å². The van der Waals surface area contributed by atoms with E-state index in [1.54, 1.807) is 0 Å². The van der Waals surface area contributed by atoms with E-state index in [2.05, 4.69) is 24.3 Å². The van der Waals surface area contributed by atoms with Crippen molar-refractivity contribution in [3.05, 3.63) is 23.8 Å². The van der Waals surface area contributed by atoms with Gasteiger partial charge in [-0.3, -0.25) is 4.79 Å². The van der Waals surface area contributed by atoms with Crippen LogP contribution in [0.15, 0.2) is 23.8 Å². The largest absolute Gasteiger partial charge is 0.465 e. The fraction of sp³-hybridized carbons (Fsp3) is 0.650. The maximum Gasteiger partial charge on any atom is 0.302 e. The minimum Gasteiger partial charge on any atom is -0.465 e. The number of rotatable bonds is 2. The van der Waals surface area contributed by atoms with Crippen LogP contribution in [0.1, 0.15) is 51.9 Å². The summed E-state index contributed by atoms with van der Waals surface area (Å²) in [5, 5.41) is 19.5. The Balaban J connectivity index is 1.97. The highest BCUT2D eigenvalue weighted by atomic mass is 16.5. The first-order valence-corrected chi connectivity index (χ1v) is 8.87. The predicted octanol–water partition coefficient (Wildman–Crippen LogP) is 4.06. The van der Waals surface area contributed by atoms with E-state index in [4.69, 9.17) is 4.74 Å². The summed E-state index contributed by atoms with van der Waals surface area (Å²) in [6.07, 6.45) is 13.6. The highest BCUT2D eigenvalue weighted by Crippen LogP contribution is 2.56. The molecule has 0 bridgehead atoms. The molecule has 3 aliphatic carbocycles. The lowest BCUT2D eigenvalue weighted by atomic mass is 9.61. The first-order valence-electron chi connectivity index (χ1n) is 8.87. The molecule has 0 N–H and O–H groups in total. The standard InChI is InChI=1S/C20H24N2O2/c1-15(23)24-12-16-5-4-9-20(13-21,14-22)18-6-10-19(11-17(16)18)7-2-3-8-19/h4-6,16-17H,2-3,7-12H2,1H3/t16-,17-/m0/s1. The molecular formula is C20H24N2O2. The van der Waals surface area contributed by atoms with Crippen molar-refractivity contribution in [1.82, 2.24) is 0 Å². The van der Waals surface area contributed by atoms with Crippen LogP contribution in [0.4, 0.5) is 0 Å². The van der Waals surface area contributed by atoms with Crippen LogP contribution >= 0.6 is 0 Å². The molecule has 0 aromatic carbocycles. The molecule has 1 saturated carbocycles. The van der Waals surface area contributed by atoms with Crippen molar-refractivity contribution < 1.29 is 9.53 Å². The van der Waals surface area contributed by atoms with E-state index >= 15 is 0 Å². The van der Waals surface area contributed by atoms with Gasteiger partial charge in [0.05, 0.1) is 18.7 Å². The van der Waals surface area contributed by atoms with Crippen LogP contribution in [-0.4, -0.2) is 12.6 Å². The number of carbonyl (C=O) groups is 1. The fourth-order valence-electron chi connectivity index (χ4n) is 4.85. The zero-order valence-electron chi connectivity index (χ0n) is 14.3. The molecule has 1 spiro atoms. The van der Waals surface area contributed by atoms with Crippen LogP contribution in [0.5, 0.6) is 0 Å². The molecule has 0 heterocycles. The molecule has 1 fully saturated rings. The number of nitriles is 2. The van der Waals surface area contributed by atoms with E-state index in [1.807, 2.05) is 6.08 Å². The molecular weight excluding hydrogens is 300 g/mol. The van der Waals surface area contributed by atoms with E-state index in [0.717, 1.165) is 18.4 Å². The van der Waals surface area contributed by atoms with Crippen molar-refractivity contribution in [3.8, 4) is 12.1 Å². The summed E-state index contributed by atoms with van der Waals surface area (Å²) in [6.45, 7) is 1.75. The average molecular weight is 324 g/mol. The molecule has 0 unspecified atom stereocenters. The maximum absolute atomic E-state index is 11.3. The zero-order chi connectivity index (χ0) is 17.2. The van der Waals surface area contributed by atoms with Crippen LogP contribution < -0.4 is 0 Å². The highest BCUT2D eigenvalue weighted by Gasteiger charge is 2.48. The van der Waals surface area contributed by atoms with Crippen LogP contribution in [-0.2, 0) is 9.53 Å². The second kappa shape index (κ2) is 6.44. The van der Waals surface area contributed by atoms with Gasteiger partial charge in [-0.05, 0) is 42.6 Å². The fourth-order valence-corrected chi connectivity index (χ4v) is 4.85. The van der Waals surface area contributed by atoms with E-state index in [9.17, 15) is 15.3 Å². The number of allylic oxidation sites excluding steroid dienone is 3. The van der Waals surface area contributed by atoms with Crippen LogP contribution in [0.3, 0.4) is 0 Å². The van der Waals surface area contributed by atoms with E-state index in [1.165, 1.54) is 32.6 Å². The van der Waals surface area contributed by atoms with Gasteiger partial charge in [0.2, 0.25) is 0 Å². The van der Waals surface area contributed by atoms with E-state index < -0.39 is 5.41 Å². The molecule has 0 aromatic rings. The highest BCUT2D eigenvalue weighted by molar-refractivity contribution is 5.65. The van der Waals surface area contributed by atoms with Crippen LogP contribution in [0.2, 0.25) is 0 Å². The number of carbonyl (C=O) groups excluding carboxylic acids is 1. The topological polar surface area (TPSA) is 73.9 Å².